The van der Waals surface area contributed by atoms with E-state index in [1.165, 1.54) is 4.90 Å². The lowest BCUT2D eigenvalue weighted by Crippen LogP contribution is -3.12. The van der Waals surface area contributed by atoms with E-state index in [2.05, 4.69) is 12.1 Å². The molecule has 1 aromatic heterocycles. The fourth-order valence-electron chi connectivity index (χ4n) is 2.71. The Labute approximate surface area is 124 Å². The molecule has 1 N–H and O–H groups in total. The molecule has 2 heterocycles. The number of likely N-dealkylation sites (N-methyl/N-ethyl adjacent to an activating group) is 1. The first-order valence-electron chi connectivity index (χ1n) is 7.37. The number of nitrogens with zero attached hydrogens (tertiary/aromatic N) is 3. The third kappa shape index (κ3) is 2.69. The zero-order valence-electron chi connectivity index (χ0n) is 12.5. The molecule has 0 bridgehead atoms. The molecule has 0 saturated carbocycles. The summed E-state index contributed by atoms with van der Waals surface area (Å²) in [7, 11) is 2.17. The topological polar surface area (TPSA) is 42.6 Å². The maximum Gasteiger partial charge on any atom is 0.257 e. The summed E-state index contributed by atoms with van der Waals surface area (Å²) >= 11 is 0. The van der Waals surface area contributed by atoms with E-state index in [9.17, 15) is 4.79 Å². The van der Waals surface area contributed by atoms with E-state index >= 15 is 0 Å². The van der Waals surface area contributed by atoms with Crippen LogP contribution in [0.4, 0.5) is 0 Å². The third-order valence-electron chi connectivity index (χ3n) is 4.15. The highest BCUT2D eigenvalue weighted by molar-refractivity contribution is 5.95. The van der Waals surface area contributed by atoms with Crippen molar-refractivity contribution in [2.24, 2.45) is 0 Å². The molecule has 5 nitrogen and oxygen atoms in total. The highest BCUT2D eigenvalue weighted by Crippen LogP contribution is 2.15. The summed E-state index contributed by atoms with van der Waals surface area (Å²) < 4.78 is 1.83. The summed E-state index contributed by atoms with van der Waals surface area (Å²) in [4.78, 5) is 16.1. The van der Waals surface area contributed by atoms with Gasteiger partial charge in [-0.05, 0) is 19.1 Å². The zero-order valence-corrected chi connectivity index (χ0v) is 12.5. The fraction of sp³-hybridized carbons (Fsp3) is 0.375. The van der Waals surface area contributed by atoms with Crippen molar-refractivity contribution in [1.29, 1.82) is 0 Å². The second-order valence-corrected chi connectivity index (χ2v) is 5.64. The van der Waals surface area contributed by atoms with Crippen molar-refractivity contribution >= 4 is 5.91 Å². The molecule has 0 radical (unpaired) electrons. The summed E-state index contributed by atoms with van der Waals surface area (Å²) in [5, 5.41) is 4.38. The molecule has 1 amide bonds. The Morgan fingerprint density at radius 3 is 2.52 bits per heavy atom. The first-order valence-corrected chi connectivity index (χ1v) is 7.37. The lowest BCUT2D eigenvalue weighted by Gasteiger charge is -2.30. The number of carbonyl (C=O) groups excluding carboxylic acids is 1. The normalized spacial score (nSPS) is 16.2. The number of amides is 1. The second kappa shape index (κ2) is 5.69. The van der Waals surface area contributed by atoms with Crippen molar-refractivity contribution in [3.05, 3.63) is 47.8 Å². The van der Waals surface area contributed by atoms with Crippen molar-refractivity contribution < 1.29 is 9.69 Å². The third-order valence-corrected chi connectivity index (χ3v) is 4.15. The molecular weight excluding hydrogens is 264 g/mol. The largest absolute Gasteiger partial charge is 0.334 e. The van der Waals surface area contributed by atoms with Crippen LogP contribution in [0.3, 0.4) is 0 Å². The number of hydrogen-bond donors (Lipinski definition) is 1. The standard InChI is InChI=1S/C16H20N4O/c1-13-15(16(21)19-10-8-18(2)9-11-19)12-17-20(13)14-6-4-3-5-7-14/h3-7,12H,8-11H2,1-2H3/p+1. The van der Waals surface area contributed by atoms with Crippen molar-refractivity contribution in [2.45, 2.75) is 6.92 Å². The van der Waals surface area contributed by atoms with Gasteiger partial charge in [-0.3, -0.25) is 4.79 Å². The number of aromatic nitrogens is 2. The van der Waals surface area contributed by atoms with Gasteiger partial charge in [0, 0.05) is 0 Å². The number of quaternary nitrogens is 1. The minimum absolute atomic E-state index is 0.0992. The summed E-state index contributed by atoms with van der Waals surface area (Å²) in [5.41, 5.74) is 2.59. The number of piperazine rings is 1. The van der Waals surface area contributed by atoms with Gasteiger partial charge in [0.15, 0.2) is 0 Å². The van der Waals surface area contributed by atoms with Gasteiger partial charge in [-0.2, -0.15) is 5.10 Å². The first-order chi connectivity index (χ1) is 10.2. The molecule has 110 valence electrons. The van der Waals surface area contributed by atoms with E-state index < -0.39 is 0 Å². The molecule has 2 aromatic rings. The molecule has 0 atom stereocenters. The molecule has 21 heavy (non-hydrogen) atoms. The number of hydrogen-bond acceptors (Lipinski definition) is 2. The van der Waals surface area contributed by atoms with E-state index in [-0.39, 0.29) is 5.91 Å². The van der Waals surface area contributed by atoms with Gasteiger partial charge in [0.25, 0.3) is 5.91 Å². The Hall–Kier alpha value is -2.14. The molecule has 1 fully saturated rings. The average molecular weight is 285 g/mol. The first kappa shape index (κ1) is 13.8. The summed E-state index contributed by atoms with van der Waals surface area (Å²) in [6, 6.07) is 9.91. The summed E-state index contributed by atoms with van der Waals surface area (Å²) in [5.74, 6) is 0.0992. The van der Waals surface area contributed by atoms with Crippen LogP contribution >= 0.6 is 0 Å². The Balaban J connectivity index is 1.84. The van der Waals surface area contributed by atoms with Crippen LogP contribution < -0.4 is 4.90 Å². The fourth-order valence-corrected chi connectivity index (χ4v) is 2.71. The molecule has 1 aliphatic rings. The van der Waals surface area contributed by atoms with Crippen LogP contribution in [0.1, 0.15) is 16.1 Å². The minimum atomic E-state index is 0.0992. The number of rotatable bonds is 2. The van der Waals surface area contributed by atoms with E-state index in [4.69, 9.17) is 0 Å². The van der Waals surface area contributed by atoms with E-state index in [0.29, 0.717) is 5.56 Å². The number of nitrogens with one attached hydrogen (secondary N) is 1. The van der Waals surface area contributed by atoms with Crippen LogP contribution in [-0.2, 0) is 0 Å². The summed E-state index contributed by atoms with van der Waals surface area (Å²) in [6.07, 6.45) is 1.69. The van der Waals surface area contributed by atoms with Crippen LogP contribution in [0.25, 0.3) is 5.69 Å². The quantitative estimate of drug-likeness (QED) is 0.853. The van der Waals surface area contributed by atoms with E-state index in [0.717, 1.165) is 37.6 Å². The number of benzene rings is 1. The van der Waals surface area contributed by atoms with Crippen LogP contribution in [0.2, 0.25) is 0 Å². The Morgan fingerprint density at radius 2 is 1.86 bits per heavy atom. The SMILES string of the molecule is Cc1c(C(=O)N2CC[NH+](C)CC2)cnn1-c1ccccc1. The Morgan fingerprint density at radius 1 is 1.19 bits per heavy atom. The van der Waals surface area contributed by atoms with Gasteiger partial charge in [0.2, 0.25) is 0 Å². The predicted octanol–water partition coefficient (Wildman–Crippen LogP) is 0.151. The van der Waals surface area contributed by atoms with Gasteiger partial charge in [0.1, 0.15) is 0 Å². The van der Waals surface area contributed by atoms with Crippen molar-refractivity contribution in [1.82, 2.24) is 14.7 Å². The van der Waals surface area contributed by atoms with Gasteiger partial charge >= 0.3 is 0 Å². The minimum Gasteiger partial charge on any atom is -0.334 e. The molecule has 1 aliphatic heterocycles. The molecule has 0 aliphatic carbocycles. The molecule has 1 saturated heterocycles. The van der Waals surface area contributed by atoms with Gasteiger partial charge in [-0.15, -0.1) is 0 Å². The maximum atomic E-state index is 12.6. The Kier molecular flexibility index (Phi) is 3.75. The number of carbonyl (C=O) groups is 1. The van der Waals surface area contributed by atoms with Gasteiger partial charge < -0.3 is 9.80 Å². The van der Waals surface area contributed by atoms with Crippen molar-refractivity contribution in [2.75, 3.05) is 33.2 Å². The Bertz CT molecular complexity index is 627. The molecule has 1 aromatic carbocycles. The zero-order chi connectivity index (χ0) is 14.8. The number of para-hydroxylation sites is 1. The second-order valence-electron chi connectivity index (χ2n) is 5.64. The molecule has 5 heteroatoms. The smallest absolute Gasteiger partial charge is 0.257 e. The van der Waals surface area contributed by atoms with E-state index in [1.54, 1.807) is 6.20 Å². The van der Waals surface area contributed by atoms with Crippen LogP contribution in [0.5, 0.6) is 0 Å². The lowest BCUT2D eigenvalue weighted by atomic mass is 10.2. The highest BCUT2D eigenvalue weighted by Gasteiger charge is 2.25. The lowest BCUT2D eigenvalue weighted by molar-refractivity contribution is -0.883. The molecule has 0 spiro atoms. The molecule has 3 rings (SSSR count). The van der Waals surface area contributed by atoms with Crippen LogP contribution in [-0.4, -0.2) is 53.8 Å². The van der Waals surface area contributed by atoms with Gasteiger partial charge in [-0.25, -0.2) is 4.68 Å². The average Bonchev–Trinajstić information content (AvgIpc) is 2.90. The predicted molar refractivity (Wildman–Crippen MR) is 80.8 cm³/mol. The van der Waals surface area contributed by atoms with Crippen molar-refractivity contribution in [3.63, 3.8) is 0 Å². The monoisotopic (exact) mass is 285 g/mol. The summed E-state index contributed by atoms with van der Waals surface area (Å²) in [6.45, 7) is 5.62. The maximum absolute atomic E-state index is 12.6. The molecule has 0 unspecified atom stereocenters. The molecular formula is C16H21N4O+. The van der Waals surface area contributed by atoms with Crippen LogP contribution in [0, 0.1) is 6.92 Å². The van der Waals surface area contributed by atoms with Crippen LogP contribution in [0.15, 0.2) is 36.5 Å². The van der Waals surface area contributed by atoms with Crippen molar-refractivity contribution in [3.8, 4) is 5.69 Å². The highest BCUT2D eigenvalue weighted by atomic mass is 16.2. The van der Waals surface area contributed by atoms with Gasteiger partial charge in [0.05, 0.1) is 56.4 Å². The van der Waals surface area contributed by atoms with E-state index in [1.807, 2.05) is 46.8 Å². The van der Waals surface area contributed by atoms with Gasteiger partial charge in [-0.1, -0.05) is 18.2 Å².